The summed E-state index contributed by atoms with van der Waals surface area (Å²) in [5.74, 6) is 0.874. The molecular weight excluding hydrogens is 452 g/mol. The van der Waals surface area contributed by atoms with Gasteiger partial charge in [-0.3, -0.25) is 4.79 Å². The van der Waals surface area contributed by atoms with Gasteiger partial charge in [0.2, 0.25) is 21.8 Å². The summed E-state index contributed by atoms with van der Waals surface area (Å²) in [6, 6.07) is 13.4. The van der Waals surface area contributed by atoms with Crippen LogP contribution in [0.3, 0.4) is 0 Å². The Morgan fingerprint density at radius 1 is 1.09 bits per heavy atom. The quantitative estimate of drug-likeness (QED) is 0.495. The van der Waals surface area contributed by atoms with Gasteiger partial charge >= 0.3 is 0 Å². The summed E-state index contributed by atoms with van der Waals surface area (Å²) in [7, 11) is -1.88. The molecule has 11 heteroatoms. The van der Waals surface area contributed by atoms with Crippen molar-refractivity contribution in [2.24, 2.45) is 0 Å². The molecule has 3 aromatic rings. The fraction of sp³-hybridized carbons (Fsp3) is 0.286. The summed E-state index contributed by atoms with van der Waals surface area (Å²) in [6.45, 7) is 1.10. The number of nitrogens with zero attached hydrogens (tertiary/aromatic N) is 3. The summed E-state index contributed by atoms with van der Waals surface area (Å²) in [5, 5.41) is 11.0. The molecule has 9 nitrogen and oxygen atoms in total. The fourth-order valence-electron chi connectivity index (χ4n) is 3.23. The average molecular weight is 475 g/mol. The predicted molar refractivity (Wildman–Crippen MR) is 120 cm³/mol. The number of nitrogens with one attached hydrogen (secondary N) is 1. The molecule has 0 bridgehead atoms. The molecule has 1 aliphatic heterocycles. The molecule has 0 saturated carbocycles. The Morgan fingerprint density at radius 3 is 2.44 bits per heavy atom. The highest BCUT2D eigenvalue weighted by Gasteiger charge is 2.26. The van der Waals surface area contributed by atoms with E-state index in [1.54, 1.807) is 43.5 Å². The molecule has 1 aromatic heterocycles. The highest BCUT2D eigenvalue weighted by molar-refractivity contribution is 7.99. The second-order valence-electron chi connectivity index (χ2n) is 7.07. The van der Waals surface area contributed by atoms with Gasteiger partial charge in [0.1, 0.15) is 5.75 Å². The van der Waals surface area contributed by atoms with E-state index in [2.05, 4.69) is 15.5 Å². The molecule has 1 N–H and O–H groups in total. The van der Waals surface area contributed by atoms with E-state index in [1.165, 1.54) is 16.4 Å². The SMILES string of the molecule is COc1ccc(-c2nnc(SCC(=O)Nc3ccc(S(=O)(=O)N4CCCC4)cc3)o2)cc1. The number of amides is 1. The molecule has 0 aliphatic carbocycles. The number of benzene rings is 2. The Labute approximate surface area is 190 Å². The third-order valence-corrected chi connectivity index (χ3v) is 7.64. The van der Waals surface area contributed by atoms with E-state index in [-0.39, 0.29) is 21.8 Å². The molecule has 0 atom stereocenters. The number of ether oxygens (including phenoxy) is 1. The van der Waals surface area contributed by atoms with E-state index in [0.717, 1.165) is 35.9 Å². The molecule has 0 radical (unpaired) electrons. The first-order valence-corrected chi connectivity index (χ1v) is 12.4. The molecule has 1 saturated heterocycles. The van der Waals surface area contributed by atoms with Crippen LogP contribution in [0.15, 0.2) is 63.1 Å². The topological polar surface area (TPSA) is 115 Å². The van der Waals surface area contributed by atoms with Crippen molar-refractivity contribution >= 4 is 33.4 Å². The van der Waals surface area contributed by atoms with Gasteiger partial charge in [0.05, 0.1) is 17.8 Å². The van der Waals surface area contributed by atoms with E-state index in [1.807, 2.05) is 0 Å². The third kappa shape index (κ3) is 5.12. The molecule has 1 fully saturated rings. The third-order valence-electron chi connectivity index (χ3n) is 4.91. The van der Waals surface area contributed by atoms with Gasteiger partial charge < -0.3 is 14.5 Å². The number of sulfonamides is 1. The van der Waals surface area contributed by atoms with Crippen LogP contribution in [0.2, 0.25) is 0 Å². The maximum absolute atomic E-state index is 12.6. The lowest BCUT2D eigenvalue weighted by Crippen LogP contribution is -2.27. The second-order valence-corrected chi connectivity index (χ2v) is 9.94. The zero-order valence-electron chi connectivity index (χ0n) is 17.4. The maximum Gasteiger partial charge on any atom is 0.277 e. The number of aromatic nitrogens is 2. The zero-order valence-corrected chi connectivity index (χ0v) is 19.0. The molecule has 168 valence electrons. The van der Waals surface area contributed by atoms with Crippen molar-refractivity contribution in [1.82, 2.24) is 14.5 Å². The summed E-state index contributed by atoms with van der Waals surface area (Å²) in [6.07, 6.45) is 1.76. The number of rotatable bonds is 8. The van der Waals surface area contributed by atoms with Crippen molar-refractivity contribution in [3.8, 4) is 17.2 Å². The predicted octanol–water partition coefficient (Wildman–Crippen LogP) is 3.26. The Balaban J connectivity index is 1.31. The Hall–Kier alpha value is -2.89. The summed E-state index contributed by atoms with van der Waals surface area (Å²) in [5.41, 5.74) is 1.26. The van der Waals surface area contributed by atoms with Crippen molar-refractivity contribution in [3.05, 3.63) is 48.5 Å². The largest absolute Gasteiger partial charge is 0.497 e. The van der Waals surface area contributed by atoms with Gasteiger partial charge in [0.25, 0.3) is 5.22 Å². The van der Waals surface area contributed by atoms with Gasteiger partial charge in [0, 0.05) is 24.3 Å². The molecule has 32 heavy (non-hydrogen) atoms. The number of hydrogen-bond donors (Lipinski definition) is 1. The molecule has 2 aromatic carbocycles. The first-order valence-electron chi connectivity index (χ1n) is 9.96. The summed E-state index contributed by atoms with van der Waals surface area (Å²) < 4.78 is 37.3. The van der Waals surface area contributed by atoms with Crippen LogP contribution in [0.4, 0.5) is 5.69 Å². The van der Waals surface area contributed by atoms with E-state index >= 15 is 0 Å². The maximum atomic E-state index is 12.6. The van der Waals surface area contributed by atoms with Crippen LogP contribution in [0.1, 0.15) is 12.8 Å². The smallest absolute Gasteiger partial charge is 0.277 e. The normalized spacial score (nSPS) is 14.4. The van der Waals surface area contributed by atoms with Gasteiger partial charge in [-0.05, 0) is 61.4 Å². The van der Waals surface area contributed by atoms with Gasteiger partial charge in [0.15, 0.2) is 0 Å². The van der Waals surface area contributed by atoms with Gasteiger partial charge in [-0.25, -0.2) is 8.42 Å². The number of carbonyl (C=O) groups excluding carboxylic acids is 1. The molecule has 4 rings (SSSR count). The van der Waals surface area contributed by atoms with Crippen molar-refractivity contribution < 1.29 is 22.4 Å². The number of methoxy groups -OCH3 is 1. The highest BCUT2D eigenvalue weighted by atomic mass is 32.2. The minimum atomic E-state index is -3.47. The van der Waals surface area contributed by atoms with Crippen molar-refractivity contribution in [2.75, 3.05) is 31.3 Å². The van der Waals surface area contributed by atoms with Gasteiger partial charge in [-0.2, -0.15) is 4.31 Å². The molecule has 0 unspecified atom stereocenters. The summed E-state index contributed by atoms with van der Waals surface area (Å²) in [4.78, 5) is 12.5. The van der Waals surface area contributed by atoms with E-state index in [9.17, 15) is 13.2 Å². The molecule has 2 heterocycles. The van der Waals surface area contributed by atoms with Crippen LogP contribution in [0.5, 0.6) is 5.75 Å². The van der Waals surface area contributed by atoms with Gasteiger partial charge in [-0.1, -0.05) is 11.8 Å². The van der Waals surface area contributed by atoms with Crippen molar-refractivity contribution in [1.29, 1.82) is 0 Å². The molecule has 1 aliphatic rings. The minimum Gasteiger partial charge on any atom is -0.497 e. The van der Waals surface area contributed by atoms with Crippen LogP contribution in [-0.2, 0) is 14.8 Å². The van der Waals surface area contributed by atoms with Crippen LogP contribution in [0.25, 0.3) is 11.5 Å². The molecule has 1 amide bonds. The average Bonchev–Trinajstić information content (AvgIpc) is 3.51. The number of thioether (sulfide) groups is 1. The summed E-state index contributed by atoms with van der Waals surface area (Å²) >= 11 is 1.12. The van der Waals surface area contributed by atoms with Gasteiger partial charge in [-0.15, -0.1) is 10.2 Å². The first-order chi connectivity index (χ1) is 15.5. The lowest BCUT2D eigenvalue weighted by atomic mass is 10.2. The van der Waals surface area contributed by atoms with Crippen molar-refractivity contribution in [2.45, 2.75) is 23.0 Å². The fourth-order valence-corrected chi connectivity index (χ4v) is 5.31. The first kappa shape index (κ1) is 22.3. The van der Waals surface area contributed by atoms with Crippen molar-refractivity contribution in [3.63, 3.8) is 0 Å². The lowest BCUT2D eigenvalue weighted by Gasteiger charge is -2.15. The highest BCUT2D eigenvalue weighted by Crippen LogP contribution is 2.25. The lowest BCUT2D eigenvalue weighted by molar-refractivity contribution is -0.113. The second kappa shape index (κ2) is 9.72. The van der Waals surface area contributed by atoms with E-state index < -0.39 is 10.0 Å². The van der Waals surface area contributed by atoms with E-state index in [0.29, 0.717) is 24.7 Å². The molecule has 0 spiro atoms. The van der Waals surface area contributed by atoms with Crippen LogP contribution >= 0.6 is 11.8 Å². The Bertz CT molecular complexity index is 1170. The van der Waals surface area contributed by atoms with Crippen LogP contribution < -0.4 is 10.1 Å². The van der Waals surface area contributed by atoms with E-state index in [4.69, 9.17) is 9.15 Å². The Morgan fingerprint density at radius 2 is 1.78 bits per heavy atom. The van der Waals surface area contributed by atoms with Crippen LogP contribution in [0, 0.1) is 0 Å². The Kier molecular flexibility index (Phi) is 6.77. The number of carbonyl (C=O) groups is 1. The molecular formula is C21H22N4O5S2. The standard InChI is InChI=1S/C21H22N4O5S2/c1-29-17-8-4-15(5-9-17)20-23-24-21(30-20)31-14-19(26)22-16-6-10-18(11-7-16)32(27,28)25-12-2-3-13-25/h4-11H,2-3,12-14H2,1H3,(H,22,26). The van der Waals surface area contributed by atoms with Crippen LogP contribution in [-0.4, -0.2) is 54.8 Å². The number of anilines is 1. The zero-order chi connectivity index (χ0) is 22.6. The number of hydrogen-bond acceptors (Lipinski definition) is 8. The minimum absolute atomic E-state index is 0.0675. The monoisotopic (exact) mass is 474 g/mol.